The van der Waals surface area contributed by atoms with Gasteiger partial charge in [-0.15, -0.1) is 0 Å². The first-order valence-electron chi connectivity index (χ1n) is 4.57. The number of hydrogen-bond acceptors (Lipinski definition) is 2. The predicted octanol–water partition coefficient (Wildman–Crippen LogP) is 1.74. The highest BCUT2D eigenvalue weighted by Crippen LogP contribution is 2.21. The number of fused-ring (bicyclic) bond motifs is 2. The minimum Gasteiger partial charge on any atom is -0.398 e. The zero-order valence-electron chi connectivity index (χ0n) is 7.62. The third kappa shape index (κ3) is 0.708. The van der Waals surface area contributed by atoms with E-state index in [0.29, 0.717) is 0 Å². The van der Waals surface area contributed by atoms with Crippen LogP contribution >= 0.6 is 0 Å². The SMILES string of the molecule is Nc1cccc2c1=c1c(N)cccc1=2. The maximum absolute atomic E-state index is 5.90. The van der Waals surface area contributed by atoms with Crippen molar-refractivity contribution in [3.63, 3.8) is 0 Å². The molecule has 14 heavy (non-hydrogen) atoms. The molecule has 0 aromatic heterocycles. The van der Waals surface area contributed by atoms with E-state index in [1.165, 1.54) is 10.4 Å². The number of hydrogen-bond donors (Lipinski definition) is 2. The highest BCUT2D eigenvalue weighted by molar-refractivity contribution is 5.53. The van der Waals surface area contributed by atoms with Crippen LogP contribution in [-0.4, -0.2) is 0 Å². The Balaban J connectivity index is 2.73. The molecule has 2 aromatic carbocycles. The van der Waals surface area contributed by atoms with E-state index in [-0.39, 0.29) is 0 Å². The van der Waals surface area contributed by atoms with E-state index in [1.54, 1.807) is 0 Å². The minimum absolute atomic E-state index is 0.813. The molecule has 0 amide bonds. The fourth-order valence-corrected chi connectivity index (χ4v) is 2.08. The van der Waals surface area contributed by atoms with Crippen molar-refractivity contribution in [3.8, 4) is 0 Å². The van der Waals surface area contributed by atoms with Gasteiger partial charge in [-0.1, -0.05) is 24.3 Å². The van der Waals surface area contributed by atoms with Crippen LogP contribution in [0.4, 0.5) is 11.4 Å². The van der Waals surface area contributed by atoms with Crippen LogP contribution in [0.5, 0.6) is 0 Å². The Morgan fingerprint density at radius 2 is 1.07 bits per heavy atom. The van der Waals surface area contributed by atoms with E-state index >= 15 is 0 Å². The molecule has 0 aliphatic heterocycles. The van der Waals surface area contributed by atoms with E-state index in [0.717, 1.165) is 21.8 Å². The molecule has 3 rings (SSSR count). The van der Waals surface area contributed by atoms with Gasteiger partial charge in [-0.25, -0.2) is 0 Å². The molecule has 1 aliphatic carbocycles. The van der Waals surface area contributed by atoms with Crippen molar-refractivity contribution in [1.82, 2.24) is 0 Å². The molecule has 0 radical (unpaired) electrons. The number of nitrogens with two attached hydrogens (primary N) is 2. The van der Waals surface area contributed by atoms with Crippen molar-refractivity contribution in [2.45, 2.75) is 0 Å². The van der Waals surface area contributed by atoms with Crippen LogP contribution in [0.15, 0.2) is 36.4 Å². The summed E-state index contributed by atoms with van der Waals surface area (Å²) in [4.78, 5) is 0. The Bertz CT molecular complexity index is 641. The van der Waals surface area contributed by atoms with Crippen molar-refractivity contribution in [2.24, 2.45) is 0 Å². The molecule has 68 valence electrons. The van der Waals surface area contributed by atoms with Gasteiger partial charge in [0.25, 0.3) is 0 Å². The fraction of sp³-hybridized carbons (Fsp3) is 0. The summed E-state index contributed by atoms with van der Waals surface area (Å²) < 4.78 is 0. The van der Waals surface area contributed by atoms with Crippen molar-refractivity contribution in [2.75, 3.05) is 11.5 Å². The summed E-state index contributed by atoms with van der Waals surface area (Å²) in [6.45, 7) is 0. The van der Waals surface area contributed by atoms with Crippen molar-refractivity contribution < 1.29 is 0 Å². The van der Waals surface area contributed by atoms with Crippen LogP contribution in [0, 0.1) is 20.9 Å². The molecule has 2 nitrogen and oxygen atoms in total. The predicted molar refractivity (Wildman–Crippen MR) is 57.1 cm³/mol. The molecule has 0 spiro atoms. The second-order valence-corrected chi connectivity index (χ2v) is 3.54. The maximum Gasteiger partial charge on any atom is 0.0401 e. The summed E-state index contributed by atoms with van der Waals surface area (Å²) in [5.74, 6) is 0. The first kappa shape index (κ1) is 7.44. The summed E-state index contributed by atoms with van der Waals surface area (Å²) in [6, 6.07) is 11.9. The lowest BCUT2D eigenvalue weighted by molar-refractivity contribution is 1.29. The van der Waals surface area contributed by atoms with Gasteiger partial charge in [-0.05, 0) is 22.6 Å². The van der Waals surface area contributed by atoms with Crippen LogP contribution in [0.2, 0.25) is 0 Å². The zero-order valence-corrected chi connectivity index (χ0v) is 7.62. The van der Waals surface area contributed by atoms with Crippen molar-refractivity contribution >= 4 is 11.4 Å². The summed E-state index contributed by atoms with van der Waals surface area (Å²) in [5.41, 5.74) is 13.4. The maximum atomic E-state index is 5.90. The van der Waals surface area contributed by atoms with Crippen molar-refractivity contribution in [1.29, 1.82) is 0 Å². The van der Waals surface area contributed by atoms with E-state index in [4.69, 9.17) is 11.5 Å². The monoisotopic (exact) mass is 182 g/mol. The fourth-order valence-electron chi connectivity index (χ4n) is 2.08. The highest BCUT2D eigenvalue weighted by atomic mass is 14.6. The molecule has 4 N–H and O–H groups in total. The van der Waals surface area contributed by atoms with Gasteiger partial charge in [0.1, 0.15) is 0 Å². The number of rotatable bonds is 0. The Morgan fingerprint density at radius 3 is 1.50 bits per heavy atom. The average molecular weight is 182 g/mol. The molecular formula is C12H10N2. The lowest BCUT2D eigenvalue weighted by atomic mass is 9.99. The molecule has 0 bridgehead atoms. The molecule has 0 saturated heterocycles. The zero-order chi connectivity index (χ0) is 9.71. The van der Waals surface area contributed by atoms with Gasteiger partial charge in [0, 0.05) is 21.8 Å². The van der Waals surface area contributed by atoms with E-state index in [1.807, 2.05) is 24.3 Å². The lowest BCUT2D eigenvalue weighted by Crippen LogP contribution is -2.00. The van der Waals surface area contributed by atoms with Crippen LogP contribution in [0.3, 0.4) is 0 Å². The molecule has 0 unspecified atom stereocenters. The first-order chi connectivity index (χ1) is 6.79. The van der Waals surface area contributed by atoms with E-state index < -0.39 is 0 Å². The van der Waals surface area contributed by atoms with Gasteiger partial charge >= 0.3 is 0 Å². The second kappa shape index (κ2) is 2.29. The number of benzene rings is 2. The molecule has 2 aromatic rings. The molecule has 1 aliphatic rings. The number of nitrogen functional groups attached to an aromatic ring is 2. The van der Waals surface area contributed by atoms with Crippen LogP contribution in [0.25, 0.3) is 0 Å². The largest absolute Gasteiger partial charge is 0.398 e. The summed E-state index contributed by atoms with van der Waals surface area (Å²) in [5, 5.41) is 4.65. The third-order valence-electron chi connectivity index (χ3n) is 2.73. The summed E-state index contributed by atoms with van der Waals surface area (Å²) in [6.07, 6.45) is 0. The van der Waals surface area contributed by atoms with Gasteiger partial charge in [-0.3, -0.25) is 0 Å². The van der Waals surface area contributed by atoms with E-state index in [2.05, 4.69) is 12.1 Å². The van der Waals surface area contributed by atoms with Gasteiger partial charge in [0.15, 0.2) is 0 Å². The normalized spacial score (nSPS) is 11.4. The Hall–Kier alpha value is -1.96. The third-order valence-corrected chi connectivity index (χ3v) is 2.73. The average Bonchev–Trinajstić information content (AvgIpc) is 2.14. The topological polar surface area (TPSA) is 52.0 Å². The molecule has 2 heteroatoms. The Morgan fingerprint density at radius 1 is 0.643 bits per heavy atom. The lowest BCUT2D eigenvalue weighted by Gasteiger charge is -2.08. The van der Waals surface area contributed by atoms with Gasteiger partial charge < -0.3 is 11.5 Å². The van der Waals surface area contributed by atoms with Crippen LogP contribution in [-0.2, 0) is 0 Å². The molecule has 0 saturated carbocycles. The second-order valence-electron chi connectivity index (χ2n) is 3.54. The number of anilines is 2. The summed E-state index contributed by atoms with van der Waals surface area (Å²) >= 11 is 0. The Kier molecular flexibility index (Phi) is 1.22. The van der Waals surface area contributed by atoms with Gasteiger partial charge in [-0.2, -0.15) is 0 Å². The molecule has 0 fully saturated rings. The smallest absolute Gasteiger partial charge is 0.0401 e. The van der Waals surface area contributed by atoms with Crippen LogP contribution in [0.1, 0.15) is 0 Å². The highest BCUT2D eigenvalue weighted by Gasteiger charge is 2.06. The minimum atomic E-state index is 0.813. The van der Waals surface area contributed by atoms with Gasteiger partial charge in [0.05, 0.1) is 0 Å². The quantitative estimate of drug-likeness (QED) is 0.520. The van der Waals surface area contributed by atoms with Crippen LogP contribution < -0.4 is 11.5 Å². The molecule has 0 atom stereocenters. The Labute approximate surface area is 80.8 Å². The molecular weight excluding hydrogens is 172 g/mol. The van der Waals surface area contributed by atoms with Gasteiger partial charge in [0.2, 0.25) is 0 Å². The van der Waals surface area contributed by atoms with E-state index in [9.17, 15) is 0 Å². The van der Waals surface area contributed by atoms with Crippen molar-refractivity contribution in [3.05, 3.63) is 57.3 Å². The standard InChI is InChI=1S/C12H10N2/c13-9-5-1-3-7-8-4-2-6-10(14)12(8)11(7)9/h1-6H,13-14H2. The molecule has 0 heterocycles. The summed E-state index contributed by atoms with van der Waals surface area (Å²) in [7, 11) is 0. The first-order valence-corrected chi connectivity index (χ1v) is 4.57.